The molecule has 0 unspecified atom stereocenters. The first-order chi connectivity index (χ1) is 11.5. The van der Waals surface area contributed by atoms with Crippen LogP contribution in [0.1, 0.15) is 20.7 Å². The van der Waals surface area contributed by atoms with Crippen molar-refractivity contribution in [1.29, 1.82) is 0 Å². The van der Waals surface area contributed by atoms with Crippen molar-refractivity contribution in [2.24, 2.45) is 10.2 Å². The Morgan fingerprint density at radius 2 is 1.33 bits per heavy atom. The third-order valence-corrected chi connectivity index (χ3v) is 2.92. The number of nitrogens with zero attached hydrogens (tertiary/aromatic N) is 6. The molecule has 2 aromatic rings. The Morgan fingerprint density at radius 1 is 0.792 bits per heavy atom. The maximum Gasteiger partial charge on any atom is 0.252 e. The molecule has 0 saturated carbocycles. The molecule has 120 valence electrons. The summed E-state index contributed by atoms with van der Waals surface area (Å²) in [5, 5.41) is 5.56. The summed E-state index contributed by atoms with van der Waals surface area (Å²) in [7, 11) is 0. The molecular weight excluding hydrogens is 355 g/mol. The van der Waals surface area contributed by atoms with Crippen LogP contribution in [0.5, 0.6) is 0 Å². The Balaban J connectivity index is 0.000000240. The molecule has 0 aliphatic carbocycles. The Morgan fingerprint density at radius 3 is 1.83 bits per heavy atom. The largest absolute Gasteiger partial charge is 0.276 e. The van der Waals surface area contributed by atoms with Gasteiger partial charge in [0.1, 0.15) is 0 Å². The molecule has 10 heteroatoms. The second kappa shape index (κ2) is 9.89. The van der Waals surface area contributed by atoms with E-state index in [1.54, 1.807) is 18.2 Å². The number of carbonyl (C=O) groups is 2. The number of benzene rings is 2. The second-order valence-electron chi connectivity index (χ2n) is 4.02. The zero-order valence-electron chi connectivity index (χ0n) is 11.9. The zero-order chi connectivity index (χ0) is 17.9. The minimum atomic E-state index is -0.565. The van der Waals surface area contributed by atoms with Gasteiger partial charge in [0.25, 0.3) is 10.5 Å². The van der Waals surface area contributed by atoms with Crippen LogP contribution < -0.4 is 0 Å². The highest BCUT2D eigenvalue weighted by atomic mass is 35.5. The van der Waals surface area contributed by atoms with Crippen LogP contribution >= 0.6 is 23.2 Å². The molecule has 0 saturated heterocycles. The van der Waals surface area contributed by atoms with Gasteiger partial charge in [-0.3, -0.25) is 9.59 Å². The molecule has 0 aliphatic heterocycles. The third-order valence-electron chi connectivity index (χ3n) is 2.49. The van der Waals surface area contributed by atoms with E-state index in [-0.39, 0.29) is 0 Å². The minimum Gasteiger partial charge on any atom is -0.276 e. The Labute approximate surface area is 145 Å². The van der Waals surface area contributed by atoms with Crippen LogP contribution in [0.15, 0.2) is 58.8 Å². The lowest BCUT2D eigenvalue weighted by atomic mass is 10.2. The summed E-state index contributed by atoms with van der Waals surface area (Å²) in [6, 6.07) is 12.2. The fourth-order valence-electron chi connectivity index (χ4n) is 1.45. The van der Waals surface area contributed by atoms with Crippen LogP contribution in [-0.4, -0.2) is 10.5 Å². The predicted molar refractivity (Wildman–Crippen MR) is 90.9 cm³/mol. The fourth-order valence-corrected chi connectivity index (χ4v) is 1.70. The molecule has 0 spiro atoms. The molecule has 0 bridgehead atoms. The van der Waals surface area contributed by atoms with E-state index in [1.807, 2.05) is 0 Å². The van der Waals surface area contributed by atoms with Crippen molar-refractivity contribution in [3.05, 3.63) is 80.5 Å². The Hall–Kier alpha value is -3.02. The lowest BCUT2D eigenvalue weighted by Gasteiger charge is -1.93. The van der Waals surface area contributed by atoms with Gasteiger partial charge in [0.05, 0.1) is 0 Å². The normalized spacial score (nSPS) is 8.75. The lowest BCUT2D eigenvalue weighted by Crippen LogP contribution is -1.85. The molecule has 8 nitrogen and oxygen atoms in total. The number of halogens is 2. The molecule has 0 radical (unpaired) electrons. The average Bonchev–Trinajstić information content (AvgIpc) is 2.57. The van der Waals surface area contributed by atoms with Crippen molar-refractivity contribution >= 4 is 45.1 Å². The topological polar surface area (TPSA) is 132 Å². The molecule has 2 rings (SSSR count). The standard InChI is InChI=1S/2C7H4ClN3O/c8-7(12)5-1-3-6(4-2-5)10-11-9;8-7(12)5-2-1-3-6(4-5)10-11-9/h2*1-4H. The highest BCUT2D eigenvalue weighted by Crippen LogP contribution is 2.15. The van der Waals surface area contributed by atoms with Gasteiger partial charge in [0.15, 0.2) is 0 Å². The van der Waals surface area contributed by atoms with Crippen LogP contribution in [0.4, 0.5) is 11.4 Å². The summed E-state index contributed by atoms with van der Waals surface area (Å²) in [6.45, 7) is 0. The maximum absolute atomic E-state index is 10.6. The van der Waals surface area contributed by atoms with Gasteiger partial charge in [-0.15, -0.1) is 0 Å². The summed E-state index contributed by atoms with van der Waals surface area (Å²) in [6.07, 6.45) is 0. The lowest BCUT2D eigenvalue weighted by molar-refractivity contribution is 0.107. The van der Waals surface area contributed by atoms with E-state index in [1.165, 1.54) is 30.3 Å². The first-order valence-corrected chi connectivity index (χ1v) is 6.93. The molecule has 24 heavy (non-hydrogen) atoms. The quantitative estimate of drug-likeness (QED) is 0.285. The third kappa shape index (κ3) is 6.39. The van der Waals surface area contributed by atoms with Crippen LogP contribution in [-0.2, 0) is 0 Å². The van der Waals surface area contributed by atoms with Crippen molar-refractivity contribution in [1.82, 2.24) is 0 Å². The van der Waals surface area contributed by atoms with Gasteiger partial charge in [-0.1, -0.05) is 40.6 Å². The van der Waals surface area contributed by atoms with Crippen LogP contribution in [0.25, 0.3) is 20.9 Å². The van der Waals surface area contributed by atoms with Crippen LogP contribution in [0, 0.1) is 0 Å². The summed E-state index contributed by atoms with van der Waals surface area (Å²) >= 11 is 10.4. The molecule has 0 amide bonds. The summed E-state index contributed by atoms with van der Waals surface area (Å²) in [5.74, 6) is 0. The van der Waals surface area contributed by atoms with Gasteiger partial charge in [-0.25, -0.2) is 0 Å². The van der Waals surface area contributed by atoms with E-state index in [0.29, 0.717) is 22.5 Å². The molecule has 0 aromatic heterocycles. The molecular formula is C14H8Cl2N6O2. The van der Waals surface area contributed by atoms with Crippen LogP contribution in [0.2, 0.25) is 0 Å². The van der Waals surface area contributed by atoms with Gasteiger partial charge < -0.3 is 0 Å². The van der Waals surface area contributed by atoms with Gasteiger partial charge in [-0.2, -0.15) is 0 Å². The van der Waals surface area contributed by atoms with Crippen LogP contribution in [0.3, 0.4) is 0 Å². The van der Waals surface area contributed by atoms with Gasteiger partial charge in [-0.05, 0) is 52.5 Å². The SMILES string of the molecule is [N-]=[N+]=Nc1ccc(C(=O)Cl)cc1.[N-]=[N+]=Nc1cccc(C(=O)Cl)c1. The molecule has 0 aliphatic rings. The van der Waals surface area contributed by atoms with Crippen molar-refractivity contribution in [3.63, 3.8) is 0 Å². The summed E-state index contributed by atoms with van der Waals surface area (Å²) < 4.78 is 0. The Bertz CT molecular complexity index is 802. The highest BCUT2D eigenvalue weighted by Gasteiger charge is 2.00. The minimum absolute atomic E-state index is 0.321. The average molecular weight is 363 g/mol. The molecule has 0 fully saturated rings. The number of hydrogen-bond donors (Lipinski definition) is 0. The zero-order valence-corrected chi connectivity index (χ0v) is 13.4. The van der Waals surface area contributed by atoms with Gasteiger partial charge in [0, 0.05) is 32.3 Å². The smallest absolute Gasteiger partial charge is 0.252 e. The van der Waals surface area contributed by atoms with Gasteiger partial charge >= 0.3 is 0 Å². The van der Waals surface area contributed by atoms with Crippen molar-refractivity contribution < 1.29 is 9.59 Å². The van der Waals surface area contributed by atoms with Gasteiger partial charge in [0.2, 0.25) is 0 Å². The van der Waals surface area contributed by atoms with E-state index in [4.69, 9.17) is 34.3 Å². The van der Waals surface area contributed by atoms with Crippen molar-refractivity contribution in [2.75, 3.05) is 0 Å². The first kappa shape index (κ1) is 19.0. The summed E-state index contributed by atoms with van der Waals surface area (Å²) in [4.78, 5) is 26.4. The first-order valence-electron chi connectivity index (χ1n) is 6.18. The van der Waals surface area contributed by atoms with E-state index >= 15 is 0 Å². The Kier molecular flexibility index (Phi) is 7.84. The van der Waals surface area contributed by atoms with E-state index in [9.17, 15) is 9.59 Å². The maximum atomic E-state index is 10.6. The predicted octanol–water partition coefficient (Wildman–Crippen LogP) is 6.01. The molecule has 0 N–H and O–H groups in total. The summed E-state index contributed by atoms with van der Waals surface area (Å²) in [5.41, 5.74) is 17.7. The number of hydrogen-bond acceptors (Lipinski definition) is 4. The van der Waals surface area contributed by atoms with E-state index in [0.717, 1.165) is 0 Å². The molecule has 0 atom stereocenters. The molecule has 2 aromatic carbocycles. The monoisotopic (exact) mass is 362 g/mol. The fraction of sp³-hybridized carbons (Fsp3) is 0. The number of rotatable bonds is 4. The number of azide groups is 2. The molecule has 0 heterocycles. The van der Waals surface area contributed by atoms with Crippen molar-refractivity contribution in [3.8, 4) is 0 Å². The number of carbonyl (C=O) groups excluding carboxylic acids is 2. The highest BCUT2D eigenvalue weighted by molar-refractivity contribution is 6.68. The van der Waals surface area contributed by atoms with E-state index in [2.05, 4.69) is 20.1 Å². The van der Waals surface area contributed by atoms with Crippen molar-refractivity contribution in [2.45, 2.75) is 0 Å². The second-order valence-corrected chi connectivity index (χ2v) is 4.71. The van der Waals surface area contributed by atoms with E-state index < -0.39 is 10.5 Å².